The Morgan fingerprint density at radius 2 is 1.45 bits per heavy atom. The van der Waals surface area contributed by atoms with Crippen LogP contribution in [0.15, 0.2) is 83.5 Å². The van der Waals surface area contributed by atoms with Gasteiger partial charge in [0.25, 0.3) is 0 Å². The SMILES string of the molecule is Brc1ccc2c(c1)=c1cc(Br)/c(=C/c3cc4[nH]c5ccc(Br)cc5c4cc3Br)cc1N=2. The Morgan fingerprint density at radius 3 is 2.32 bits per heavy atom. The van der Waals surface area contributed by atoms with Gasteiger partial charge in [-0.1, -0.05) is 63.7 Å². The van der Waals surface area contributed by atoms with Crippen molar-refractivity contribution in [2.75, 3.05) is 0 Å². The molecule has 5 aromatic rings. The lowest BCUT2D eigenvalue weighted by atomic mass is 10.1. The first kappa shape index (κ1) is 19.9. The van der Waals surface area contributed by atoms with Crippen LogP contribution in [0.1, 0.15) is 5.56 Å². The summed E-state index contributed by atoms with van der Waals surface area (Å²) in [6.45, 7) is 0. The van der Waals surface area contributed by atoms with Gasteiger partial charge >= 0.3 is 0 Å². The maximum absolute atomic E-state index is 4.83. The maximum Gasteiger partial charge on any atom is 0.0723 e. The third-order valence-corrected chi connectivity index (χ3v) is 7.95. The summed E-state index contributed by atoms with van der Waals surface area (Å²) in [6.07, 6.45) is 2.18. The highest BCUT2D eigenvalue weighted by atomic mass is 79.9. The largest absolute Gasteiger partial charge is 0.354 e. The van der Waals surface area contributed by atoms with E-state index in [1.807, 2.05) is 6.07 Å². The van der Waals surface area contributed by atoms with Crippen molar-refractivity contribution in [1.82, 2.24) is 4.98 Å². The fourth-order valence-corrected chi connectivity index (χ4v) is 5.77. The van der Waals surface area contributed by atoms with Crippen molar-refractivity contribution in [3.63, 3.8) is 0 Å². The van der Waals surface area contributed by atoms with Crippen molar-refractivity contribution in [2.24, 2.45) is 4.99 Å². The van der Waals surface area contributed by atoms with Gasteiger partial charge in [-0.25, -0.2) is 4.99 Å². The van der Waals surface area contributed by atoms with Gasteiger partial charge < -0.3 is 4.98 Å². The van der Waals surface area contributed by atoms with Crippen LogP contribution in [0.3, 0.4) is 0 Å². The number of aromatic amines is 1. The quantitative estimate of drug-likeness (QED) is 0.187. The van der Waals surface area contributed by atoms with E-state index >= 15 is 0 Å². The molecule has 2 nitrogen and oxygen atoms in total. The van der Waals surface area contributed by atoms with Crippen LogP contribution in [-0.4, -0.2) is 4.98 Å². The summed E-state index contributed by atoms with van der Waals surface area (Å²) in [5.74, 6) is 0. The summed E-state index contributed by atoms with van der Waals surface area (Å²) in [5, 5.41) is 6.81. The van der Waals surface area contributed by atoms with Gasteiger partial charge in [0, 0.05) is 50.1 Å². The number of nitrogens with one attached hydrogen (secondary N) is 1. The minimum absolute atomic E-state index is 0.996. The van der Waals surface area contributed by atoms with Crippen molar-refractivity contribution in [2.45, 2.75) is 0 Å². The molecule has 0 saturated heterocycles. The molecule has 2 heterocycles. The zero-order valence-corrected chi connectivity index (χ0v) is 22.2. The average molecular weight is 660 g/mol. The molecule has 4 aromatic carbocycles. The van der Waals surface area contributed by atoms with Crippen LogP contribution >= 0.6 is 63.7 Å². The summed E-state index contributed by atoms with van der Waals surface area (Å²) in [7, 11) is 0. The standard InChI is InChI=1S/C25H12Br4N2/c26-14-1-3-22-16(8-14)18-10-20(28)12(6-24(18)30-22)5-13-7-25-19(11-21(13)29)17-9-15(27)2-4-23(17)31-25/h1-11,30H/b13-5+. The monoisotopic (exact) mass is 656 g/mol. The molecular formula is C25H12Br4N2. The number of benzene rings is 4. The number of H-pyrrole nitrogens is 1. The van der Waals surface area contributed by atoms with E-state index in [2.05, 4.69) is 129 Å². The minimum atomic E-state index is 0.996. The Labute approximate surface area is 210 Å². The maximum atomic E-state index is 4.83. The number of hydrogen-bond acceptors (Lipinski definition) is 1. The van der Waals surface area contributed by atoms with Crippen molar-refractivity contribution in [1.29, 1.82) is 0 Å². The van der Waals surface area contributed by atoms with E-state index in [1.165, 1.54) is 10.8 Å². The molecule has 0 radical (unpaired) electrons. The van der Waals surface area contributed by atoms with Gasteiger partial charge in [0.2, 0.25) is 0 Å². The second-order valence-corrected chi connectivity index (χ2v) is 11.1. The fraction of sp³-hybridized carbons (Fsp3) is 0. The molecule has 0 aliphatic carbocycles. The van der Waals surface area contributed by atoms with Crippen molar-refractivity contribution in [3.05, 3.63) is 105 Å². The van der Waals surface area contributed by atoms with Crippen LogP contribution in [-0.2, 0) is 0 Å². The molecule has 150 valence electrons. The first-order valence-electron chi connectivity index (χ1n) is 9.57. The predicted molar refractivity (Wildman–Crippen MR) is 141 cm³/mol. The van der Waals surface area contributed by atoms with E-state index < -0.39 is 0 Å². The van der Waals surface area contributed by atoms with Gasteiger partial charge in [-0.2, -0.15) is 0 Å². The van der Waals surface area contributed by atoms with Gasteiger partial charge in [-0.15, -0.1) is 0 Å². The van der Waals surface area contributed by atoms with Gasteiger partial charge in [0.05, 0.1) is 11.0 Å². The summed E-state index contributed by atoms with van der Waals surface area (Å²) in [5.41, 5.74) is 4.35. The Morgan fingerprint density at radius 1 is 0.677 bits per heavy atom. The third kappa shape index (κ3) is 3.35. The van der Waals surface area contributed by atoms with Gasteiger partial charge in [-0.3, -0.25) is 0 Å². The van der Waals surface area contributed by atoms with Crippen molar-refractivity contribution >= 4 is 97.3 Å². The smallest absolute Gasteiger partial charge is 0.0723 e. The average Bonchev–Trinajstić information content (AvgIpc) is 3.25. The predicted octanol–water partition coefficient (Wildman–Crippen LogP) is 7.75. The lowest BCUT2D eigenvalue weighted by Crippen LogP contribution is -2.02. The van der Waals surface area contributed by atoms with E-state index in [0.717, 1.165) is 61.2 Å². The number of hydrogen-bond donors (Lipinski definition) is 1. The zero-order valence-electron chi connectivity index (χ0n) is 15.8. The summed E-state index contributed by atoms with van der Waals surface area (Å²) < 4.78 is 4.23. The molecule has 31 heavy (non-hydrogen) atoms. The molecule has 0 spiro atoms. The van der Waals surface area contributed by atoms with Crippen molar-refractivity contribution in [3.8, 4) is 0 Å². The molecule has 0 fully saturated rings. The van der Waals surface area contributed by atoms with E-state index in [0.29, 0.717) is 0 Å². The molecule has 6 rings (SSSR count). The van der Waals surface area contributed by atoms with E-state index in [9.17, 15) is 0 Å². The minimum Gasteiger partial charge on any atom is -0.354 e. The van der Waals surface area contributed by atoms with Crippen LogP contribution in [0.2, 0.25) is 0 Å². The fourth-order valence-electron chi connectivity index (χ4n) is 4.14. The molecule has 0 amide bonds. The van der Waals surface area contributed by atoms with Crippen LogP contribution < -0.4 is 10.6 Å². The number of fused-ring (bicyclic) bond motifs is 5. The second-order valence-electron chi connectivity index (χ2n) is 7.54. The Balaban J connectivity index is 1.58. The van der Waals surface area contributed by atoms with E-state index in [1.54, 1.807) is 0 Å². The third-order valence-electron chi connectivity index (χ3n) is 5.59. The molecule has 0 saturated carbocycles. The normalized spacial score (nSPS) is 13.0. The second kappa shape index (κ2) is 7.41. The van der Waals surface area contributed by atoms with Crippen molar-refractivity contribution < 1.29 is 0 Å². The molecule has 0 atom stereocenters. The Bertz CT molecular complexity index is 1790. The Kier molecular flexibility index (Phi) is 4.76. The molecule has 1 aliphatic heterocycles. The highest BCUT2D eigenvalue weighted by molar-refractivity contribution is 9.11. The van der Waals surface area contributed by atoms with Crippen LogP contribution in [0.4, 0.5) is 5.69 Å². The Hall–Kier alpha value is -1.73. The van der Waals surface area contributed by atoms with Crippen LogP contribution in [0, 0.1) is 10.4 Å². The molecule has 0 unspecified atom stereocenters. The van der Waals surface area contributed by atoms with E-state index in [-0.39, 0.29) is 0 Å². The number of aromatic nitrogens is 1. The summed E-state index contributed by atoms with van der Waals surface area (Å²) in [6, 6.07) is 21.2. The molecule has 0 bridgehead atoms. The lowest BCUT2D eigenvalue weighted by molar-refractivity contribution is 1.36. The first-order valence-corrected chi connectivity index (χ1v) is 12.7. The number of rotatable bonds is 1. The lowest BCUT2D eigenvalue weighted by Gasteiger charge is -2.02. The van der Waals surface area contributed by atoms with Gasteiger partial charge in [-0.05, 0) is 77.5 Å². The summed E-state index contributed by atoms with van der Waals surface area (Å²) in [4.78, 5) is 8.36. The topological polar surface area (TPSA) is 28.1 Å². The first-order chi connectivity index (χ1) is 15.0. The van der Waals surface area contributed by atoms with Crippen LogP contribution in [0.5, 0.6) is 0 Å². The van der Waals surface area contributed by atoms with Gasteiger partial charge in [0.15, 0.2) is 0 Å². The highest BCUT2D eigenvalue weighted by Crippen LogP contribution is 2.32. The van der Waals surface area contributed by atoms with Crippen LogP contribution in [0.25, 0.3) is 27.9 Å². The molecule has 1 aliphatic rings. The molecule has 1 aromatic heterocycles. The van der Waals surface area contributed by atoms with Gasteiger partial charge in [0.1, 0.15) is 0 Å². The summed E-state index contributed by atoms with van der Waals surface area (Å²) >= 11 is 14.7. The number of nitrogens with zero attached hydrogens (tertiary/aromatic N) is 1. The zero-order chi connectivity index (χ0) is 21.3. The molecule has 6 heteroatoms. The molecular weight excluding hydrogens is 648 g/mol. The molecule has 1 N–H and O–H groups in total. The van der Waals surface area contributed by atoms with E-state index in [4.69, 9.17) is 4.99 Å². The highest BCUT2D eigenvalue weighted by Gasteiger charge is 2.10. The number of halogens is 4.